The number of aryl methyl sites for hydroxylation is 3. The van der Waals surface area contributed by atoms with E-state index in [-0.39, 0.29) is 5.69 Å². The molecule has 0 amide bonds. The summed E-state index contributed by atoms with van der Waals surface area (Å²) < 4.78 is 3.28. The van der Waals surface area contributed by atoms with Crippen molar-refractivity contribution in [1.29, 1.82) is 0 Å². The Morgan fingerprint density at radius 2 is 1.90 bits per heavy atom. The van der Waals surface area contributed by atoms with Crippen LogP contribution in [-0.4, -0.2) is 14.1 Å². The predicted octanol–water partition coefficient (Wildman–Crippen LogP) is 2.12. The van der Waals surface area contributed by atoms with Crippen LogP contribution in [0.25, 0.3) is 11.0 Å². The lowest BCUT2D eigenvalue weighted by molar-refractivity contribution is 0.795. The molecule has 3 aromatic rings. The van der Waals surface area contributed by atoms with Crippen molar-refractivity contribution in [3.05, 3.63) is 52.7 Å². The van der Waals surface area contributed by atoms with Crippen LogP contribution in [0.4, 0.5) is 11.4 Å². The maximum Gasteiger partial charge on any atom is 0.328 e. The second-order valence-corrected chi connectivity index (χ2v) is 4.80. The fraction of sp³-hybridized carbons (Fsp3) is 0.200. The molecule has 0 aliphatic carbocycles. The van der Waals surface area contributed by atoms with Gasteiger partial charge in [-0.15, -0.1) is 0 Å². The van der Waals surface area contributed by atoms with Gasteiger partial charge in [-0.1, -0.05) is 0 Å². The van der Waals surface area contributed by atoms with Crippen LogP contribution in [0, 0.1) is 13.0 Å². The molecule has 0 fully saturated rings. The Hall–Kier alpha value is -2.56. The number of hydrogen-bond acceptors (Lipinski definition) is 3. The number of benzene rings is 1. The van der Waals surface area contributed by atoms with Gasteiger partial charge in [0.1, 0.15) is 0 Å². The Bertz CT molecular complexity index is 845. The van der Waals surface area contributed by atoms with Crippen molar-refractivity contribution in [1.82, 2.24) is 14.1 Å². The topological polar surface area (TPSA) is 51.9 Å². The summed E-state index contributed by atoms with van der Waals surface area (Å²) in [7, 11) is 3.55. The number of nitrogens with one attached hydrogen (secondary N) is 1. The van der Waals surface area contributed by atoms with Crippen LogP contribution in [0.3, 0.4) is 0 Å². The minimum atomic E-state index is -0.0246. The molecule has 1 radical (unpaired) electrons. The van der Waals surface area contributed by atoms with Gasteiger partial charge in [-0.3, -0.25) is 14.1 Å². The summed E-state index contributed by atoms with van der Waals surface area (Å²) in [5.41, 5.74) is 4.40. The average Bonchev–Trinajstić information content (AvgIpc) is 2.64. The highest BCUT2D eigenvalue weighted by Gasteiger charge is 2.08. The average molecular weight is 267 g/mol. The molecule has 5 heteroatoms. The highest BCUT2D eigenvalue weighted by Crippen LogP contribution is 2.21. The molecule has 0 aliphatic rings. The zero-order valence-corrected chi connectivity index (χ0v) is 11.6. The van der Waals surface area contributed by atoms with Gasteiger partial charge in [-0.05, 0) is 31.2 Å². The van der Waals surface area contributed by atoms with Crippen LogP contribution in [0.2, 0.25) is 0 Å². The lowest BCUT2D eigenvalue weighted by Gasteiger charge is -2.07. The van der Waals surface area contributed by atoms with Gasteiger partial charge in [0.2, 0.25) is 0 Å². The summed E-state index contributed by atoms with van der Waals surface area (Å²) in [5.74, 6) is 0. The van der Waals surface area contributed by atoms with Crippen LogP contribution in [0.15, 0.2) is 35.3 Å². The number of hydrogen-bond donors (Lipinski definition) is 1. The highest BCUT2D eigenvalue weighted by molar-refractivity contribution is 5.81. The van der Waals surface area contributed by atoms with Gasteiger partial charge < -0.3 is 5.32 Å². The smallest absolute Gasteiger partial charge is 0.328 e. The van der Waals surface area contributed by atoms with Crippen LogP contribution in [0.1, 0.15) is 5.69 Å². The minimum absolute atomic E-state index is 0.0246. The Labute approximate surface area is 116 Å². The number of rotatable bonds is 2. The van der Waals surface area contributed by atoms with E-state index in [9.17, 15) is 4.79 Å². The van der Waals surface area contributed by atoms with E-state index in [1.165, 1.54) is 0 Å². The molecule has 101 valence electrons. The summed E-state index contributed by atoms with van der Waals surface area (Å²) in [6.07, 6.45) is 1.74. The molecule has 1 N–H and O–H groups in total. The normalized spacial score (nSPS) is 10.9. The molecule has 1 aromatic carbocycles. The maximum atomic E-state index is 11.9. The van der Waals surface area contributed by atoms with E-state index in [1.807, 2.05) is 31.2 Å². The Kier molecular flexibility index (Phi) is 2.82. The van der Waals surface area contributed by atoms with Crippen molar-refractivity contribution in [3.63, 3.8) is 0 Å². The molecule has 0 aliphatic heterocycles. The van der Waals surface area contributed by atoms with E-state index >= 15 is 0 Å². The molecule has 0 unspecified atom stereocenters. The van der Waals surface area contributed by atoms with Crippen molar-refractivity contribution in [2.45, 2.75) is 6.92 Å². The van der Waals surface area contributed by atoms with Gasteiger partial charge in [-0.25, -0.2) is 4.79 Å². The third kappa shape index (κ3) is 1.97. The molecular formula is C15H15N4O. The number of fused-ring (bicyclic) bond motifs is 1. The Balaban J connectivity index is 2.05. The zero-order chi connectivity index (χ0) is 14.3. The first-order valence-electron chi connectivity index (χ1n) is 6.33. The molecular weight excluding hydrogens is 252 g/mol. The number of aromatic nitrogens is 3. The molecule has 0 atom stereocenters. The molecule has 2 heterocycles. The summed E-state index contributed by atoms with van der Waals surface area (Å²) in [6.45, 7) is 1.90. The first kappa shape index (κ1) is 12.5. The standard InChI is InChI=1S/C15H15N4O/c1-10-8-12(6-7-16-10)17-11-4-5-13-14(9-11)19(3)15(20)18(13)2/h4-7,9H,1-3H3,(H,16,17). The first-order valence-corrected chi connectivity index (χ1v) is 6.33. The van der Waals surface area contributed by atoms with E-state index in [0.717, 1.165) is 28.1 Å². The predicted molar refractivity (Wildman–Crippen MR) is 79.3 cm³/mol. The lowest BCUT2D eigenvalue weighted by atomic mass is 10.2. The van der Waals surface area contributed by atoms with E-state index in [4.69, 9.17) is 0 Å². The molecule has 0 spiro atoms. The van der Waals surface area contributed by atoms with Gasteiger partial charge in [0.25, 0.3) is 0 Å². The van der Waals surface area contributed by atoms with Crippen LogP contribution >= 0.6 is 0 Å². The quantitative estimate of drug-likeness (QED) is 0.774. The van der Waals surface area contributed by atoms with E-state index < -0.39 is 0 Å². The zero-order valence-electron chi connectivity index (χ0n) is 11.6. The molecule has 3 rings (SSSR count). The van der Waals surface area contributed by atoms with Crippen molar-refractivity contribution in [2.75, 3.05) is 5.32 Å². The van der Waals surface area contributed by atoms with Crippen LogP contribution in [-0.2, 0) is 14.1 Å². The Morgan fingerprint density at radius 3 is 2.65 bits per heavy atom. The number of pyridine rings is 1. The minimum Gasteiger partial charge on any atom is -0.355 e. The molecule has 20 heavy (non-hydrogen) atoms. The summed E-state index contributed by atoms with van der Waals surface area (Å²) in [5, 5.41) is 3.27. The van der Waals surface area contributed by atoms with Crippen molar-refractivity contribution >= 4 is 22.4 Å². The molecule has 5 nitrogen and oxygen atoms in total. The third-order valence-corrected chi connectivity index (χ3v) is 3.38. The van der Waals surface area contributed by atoms with E-state index in [2.05, 4.69) is 16.4 Å². The van der Waals surface area contributed by atoms with Crippen molar-refractivity contribution in [2.24, 2.45) is 14.1 Å². The van der Waals surface area contributed by atoms with Crippen molar-refractivity contribution < 1.29 is 0 Å². The monoisotopic (exact) mass is 267 g/mol. The fourth-order valence-electron chi connectivity index (χ4n) is 2.31. The number of anilines is 2. The highest BCUT2D eigenvalue weighted by atomic mass is 16.1. The van der Waals surface area contributed by atoms with Crippen molar-refractivity contribution in [3.8, 4) is 0 Å². The maximum absolute atomic E-state index is 11.9. The molecule has 2 aromatic heterocycles. The molecule has 0 saturated heterocycles. The van der Waals surface area contributed by atoms with Gasteiger partial charge in [0.15, 0.2) is 0 Å². The van der Waals surface area contributed by atoms with Crippen LogP contribution in [0.5, 0.6) is 0 Å². The van der Waals surface area contributed by atoms with Gasteiger partial charge in [-0.2, -0.15) is 0 Å². The number of imidazole rings is 1. The summed E-state index contributed by atoms with van der Waals surface area (Å²) in [6, 6.07) is 10.8. The lowest BCUT2D eigenvalue weighted by Crippen LogP contribution is -2.19. The van der Waals surface area contributed by atoms with Gasteiger partial charge in [0.05, 0.1) is 11.0 Å². The summed E-state index contributed by atoms with van der Waals surface area (Å²) >= 11 is 0. The SMILES string of the molecule is Cc1[c]c(Nc2ccc3c(c2)n(C)c(=O)n3C)ccn1. The summed E-state index contributed by atoms with van der Waals surface area (Å²) in [4.78, 5) is 16.0. The van der Waals surface area contributed by atoms with Gasteiger partial charge >= 0.3 is 5.69 Å². The Morgan fingerprint density at radius 1 is 1.15 bits per heavy atom. The van der Waals surface area contributed by atoms with Gasteiger partial charge in [0, 0.05) is 43.4 Å². The molecule has 0 saturated carbocycles. The third-order valence-electron chi connectivity index (χ3n) is 3.38. The fourth-order valence-corrected chi connectivity index (χ4v) is 2.31. The van der Waals surface area contributed by atoms with Crippen LogP contribution < -0.4 is 11.0 Å². The van der Waals surface area contributed by atoms with E-state index in [0.29, 0.717) is 0 Å². The second-order valence-electron chi connectivity index (χ2n) is 4.80. The molecule has 0 bridgehead atoms. The number of nitrogens with zero attached hydrogens (tertiary/aromatic N) is 3. The van der Waals surface area contributed by atoms with E-state index in [1.54, 1.807) is 29.4 Å². The largest absolute Gasteiger partial charge is 0.355 e. The first-order chi connectivity index (χ1) is 9.56. The second kappa shape index (κ2) is 4.52.